The Kier molecular flexibility index (Phi) is 10.3. The minimum atomic E-state index is -3.68. The fraction of sp³-hybridized carbons (Fsp3) is 0.294. The maximum atomic E-state index is 13.1. The quantitative estimate of drug-likeness (QED) is 0.236. The monoisotopic (exact) mass is 632 g/mol. The summed E-state index contributed by atoms with van der Waals surface area (Å²) in [6.07, 6.45) is 0. The van der Waals surface area contributed by atoms with Crippen LogP contribution in [0.5, 0.6) is 0 Å². The van der Waals surface area contributed by atoms with Crippen LogP contribution >= 0.6 is 0 Å². The van der Waals surface area contributed by atoms with E-state index in [2.05, 4.69) is 19.2 Å². The van der Waals surface area contributed by atoms with Crippen LogP contribution in [0.4, 0.5) is 0 Å². The zero-order valence-corrected chi connectivity index (χ0v) is 26.8. The van der Waals surface area contributed by atoms with Crippen LogP contribution in [-0.4, -0.2) is 65.9 Å². The summed E-state index contributed by atoms with van der Waals surface area (Å²) >= 11 is 0. The Hall–Kier alpha value is -3.38. The third kappa shape index (κ3) is 8.01. The molecule has 0 aliphatic carbocycles. The standard InChI is InChI=1S/C34H40N4O4S2/c1-27-13-17-31(18-14-27)43(39,40)35-25-33(29-9-5-3-6-10-29)37-21-23-38(24-22-37)34(30-11-7-4-8-12-30)26-36-44(41,42)32-19-15-28(2)16-20-32/h3-20,33-36H,21-26H2,1-2H3/t33-,34+. The lowest BCUT2D eigenvalue weighted by Crippen LogP contribution is -2.52. The van der Waals surface area contributed by atoms with Crippen molar-refractivity contribution >= 4 is 20.0 Å². The van der Waals surface area contributed by atoms with Crippen molar-refractivity contribution in [1.82, 2.24) is 19.2 Å². The Bertz CT molecular complexity index is 1580. The van der Waals surface area contributed by atoms with E-state index in [1.54, 1.807) is 48.5 Å². The van der Waals surface area contributed by atoms with Gasteiger partial charge in [0.25, 0.3) is 0 Å². The van der Waals surface area contributed by atoms with E-state index in [-0.39, 0.29) is 35.0 Å². The fourth-order valence-electron chi connectivity index (χ4n) is 5.61. The predicted octanol–water partition coefficient (Wildman–Crippen LogP) is 4.66. The van der Waals surface area contributed by atoms with Crippen molar-refractivity contribution in [3.8, 4) is 0 Å². The number of hydrogen-bond acceptors (Lipinski definition) is 6. The van der Waals surface area contributed by atoms with Gasteiger partial charge >= 0.3 is 0 Å². The number of aryl methyl sites for hydroxylation is 2. The zero-order chi connectivity index (χ0) is 31.2. The summed E-state index contributed by atoms with van der Waals surface area (Å²) in [5.74, 6) is 0. The number of nitrogens with zero attached hydrogens (tertiary/aromatic N) is 2. The fourth-order valence-corrected chi connectivity index (χ4v) is 7.68. The Morgan fingerprint density at radius 2 is 0.841 bits per heavy atom. The van der Waals surface area contributed by atoms with Gasteiger partial charge in [0.1, 0.15) is 0 Å². The lowest BCUT2D eigenvalue weighted by molar-refractivity contribution is 0.0703. The van der Waals surface area contributed by atoms with Gasteiger partial charge in [-0.2, -0.15) is 0 Å². The molecule has 1 aliphatic heterocycles. The number of rotatable bonds is 12. The van der Waals surface area contributed by atoms with Gasteiger partial charge in [-0.25, -0.2) is 26.3 Å². The molecule has 0 radical (unpaired) electrons. The molecule has 44 heavy (non-hydrogen) atoms. The maximum absolute atomic E-state index is 13.1. The highest BCUT2D eigenvalue weighted by molar-refractivity contribution is 7.89. The summed E-state index contributed by atoms with van der Waals surface area (Å²) in [7, 11) is -7.36. The van der Waals surface area contributed by atoms with Crippen LogP contribution in [0.2, 0.25) is 0 Å². The Balaban J connectivity index is 1.30. The molecular formula is C34H40N4O4S2. The van der Waals surface area contributed by atoms with Crippen molar-refractivity contribution < 1.29 is 16.8 Å². The van der Waals surface area contributed by atoms with E-state index in [1.807, 2.05) is 74.5 Å². The highest BCUT2D eigenvalue weighted by atomic mass is 32.2. The average molecular weight is 633 g/mol. The van der Waals surface area contributed by atoms with Crippen LogP contribution in [-0.2, 0) is 20.0 Å². The lowest BCUT2D eigenvalue weighted by Gasteiger charge is -2.42. The van der Waals surface area contributed by atoms with Crippen molar-refractivity contribution in [2.45, 2.75) is 35.7 Å². The second-order valence-electron chi connectivity index (χ2n) is 11.3. The topological polar surface area (TPSA) is 98.8 Å². The van der Waals surface area contributed by atoms with Crippen LogP contribution in [0, 0.1) is 13.8 Å². The minimum Gasteiger partial charge on any atom is -0.292 e. The Morgan fingerprint density at radius 1 is 0.523 bits per heavy atom. The molecule has 0 saturated carbocycles. The summed E-state index contributed by atoms with van der Waals surface area (Å²) < 4.78 is 58.2. The van der Waals surface area contributed by atoms with Gasteiger partial charge < -0.3 is 0 Å². The average Bonchev–Trinajstić information content (AvgIpc) is 3.03. The molecule has 4 aromatic carbocycles. The molecule has 232 valence electrons. The third-order valence-corrected chi connectivity index (χ3v) is 11.1. The van der Waals surface area contributed by atoms with Crippen molar-refractivity contribution in [3.63, 3.8) is 0 Å². The second kappa shape index (κ2) is 14.2. The van der Waals surface area contributed by atoms with Gasteiger partial charge in [-0.05, 0) is 49.2 Å². The maximum Gasteiger partial charge on any atom is 0.240 e. The molecule has 1 aliphatic rings. The molecule has 8 nitrogen and oxygen atoms in total. The van der Waals surface area contributed by atoms with Gasteiger partial charge in [0, 0.05) is 51.4 Å². The number of sulfonamides is 2. The summed E-state index contributed by atoms with van der Waals surface area (Å²) in [4.78, 5) is 5.11. The first-order valence-electron chi connectivity index (χ1n) is 14.8. The number of piperazine rings is 1. The molecule has 0 bridgehead atoms. The summed E-state index contributed by atoms with van der Waals surface area (Å²) in [5, 5.41) is 0. The summed E-state index contributed by atoms with van der Waals surface area (Å²) in [6, 6.07) is 33.3. The predicted molar refractivity (Wildman–Crippen MR) is 174 cm³/mol. The largest absolute Gasteiger partial charge is 0.292 e. The van der Waals surface area contributed by atoms with Gasteiger partial charge in [-0.15, -0.1) is 0 Å². The van der Waals surface area contributed by atoms with Gasteiger partial charge in [0.05, 0.1) is 9.79 Å². The third-order valence-electron chi connectivity index (χ3n) is 8.20. The van der Waals surface area contributed by atoms with Crippen LogP contribution < -0.4 is 9.44 Å². The normalized spacial score (nSPS) is 16.4. The van der Waals surface area contributed by atoms with Crippen molar-refractivity contribution in [3.05, 3.63) is 131 Å². The molecule has 2 N–H and O–H groups in total. The van der Waals surface area contributed by atoms with E-state index in [0.29, 0.717) is 26.2 Å². The first-order valence-corrected chi connectivity index (χ1v) is 17.8. The van der Waals surface area contributed by atoms with Crippen molar-refractivity contribution in [2.24, 2.45) is 0 Å². The molecule has 1 fully saturated rings. The van der Waals surface area contributed by atoms with Crippen LogP contribution in [0.25, 0.3) is 0 Å². The smallest absolute Gasteiger partial charge is 0.240 e. The van der Waals surface area contributed by atoms with E-state index < -0.39 is 20.0 Å². The summed E-state index contributed by atoms with van der Waals surface area (Å²) in [5.41, 5.74) is 4.08. The minimum absolute atomic E-state index is 0.159. The highest BCUT2D eigenvalue weighted by Gasteiger charge is 2.31. The first kappa shape index (κ1) is 32.0. The van der Waals surface area contributed by atoms with Crippen molar-refractivity contribution in [2.75, 3.05) is 39.3 Å². The van der Waals surface area contributed by atoms with E-state index in [1.165, 1.54) is 0 Å². The molecule has 10 heteroatoms. The zero-order valence-electron chi connectivity index (χ0n) is 25.1. The summed E-state index contributed by atoms with van der Waals surface area (Å²) in [6.45, 7) is 7.10. The molecule has 2 atom stereocenters. The van der Waals surface area contributed by atoms with Gasteiger partial charge in [-0.3, -0.25) is 9.80 Å². The molecule has 5 rings (SSSR count). The highest BCUT2D eigenvalue weighted by Crippen LogP contribution is 2.27. The molecule has 0 aromatic heterocycles. The molecule has 0 amide bonds. The van der Waals surface area contributed by atoms with Crippen LogP contribution in [0.3, 0.4) is 0 Å². The molecule has 1 saturated heterocycles. The lowest BCUT2D eigenvalue weighted by atomic mass is 10.0. The van der Waals surface area contributed by atoms with E-state index in [4.69, 9.17) is 0 Å². The van der Waals surface area contributed by atoms with Gasteiger partial charge in [0.2, 0.25) is 20.0 Å². The number of hydrogen-bond donors (Lipinski definition) is 2. The molecular weight excluding hydrogens is 593 g/mol. The van der Waals surface area contributed by atoms with Crippen LogP contribution in [0.1, 0.15) is 34.3 Å². The second-order valence-corrected chi connectivity index (χ2v) is 14.8. The molecule has 0 unspecified atom stereocenters. The van der Waals surface area contributed by atoms with E-state index in [0.717, 1.165) is 22.3 Å². The molecule has 1 heterocycles. The Labute approximate surface area is 261 Å². The Morgan fingerprint density at radius 3 is 1.16 bits per heavy atom. The number of nitrogens with one attached hydrogen (secondary N) is 2. The first-order chi connectivity index (χ1) is 21.1. The molecule has 4 aromatic rings. The molecule has 0 spiro atoms. The van der Waals surface area contributed by atoms with E-state index >= 15 is 0 Å². The SMILES string of the molecule is Cc1ccc(S(=O)(=O)NC[C@H](c2ccccc2)N2CCN([C@@H](CNS(=O)(=O)c3ccc(C)cc3)c3ccccc3)CC2)cc1. The number of benzene rings is 4. The van der Waals surface area contributed by atoms with Gasteiger partial charge in [-0.1, -0.05) is 96.1 Å². The van der Waals surface area contributed by atoms with Crippen molar-refractivity contribution in [1.29, 1.82) is 0 Å². The van der Waals surface area contributed by atoms with E-state index in [9.17, 15) is 16.8 Å². The van der Waals surface area contributed by atoms with Crippen LogP contribution in [0.15, 0.2) is 119 Å². The van der Waals surface area contributed by atoms with Gasteiger partial charge in [0.15, 0.2) is 0 Å².